The molecule has 0 saturated carbocycles. The number of benzene rings is 2. The summed E-state index contributed by atoms with van der Waals surface area (Å²) in [7, 11) is 0. The van der Waals surface area contributed by atoms with Crippen LogP contribution in [0.1, 0.15) is 11.3 Å². The molecule has 0 radical (unpaired) electrons. The predicted molar refractivity (Wildman–Crippen MR) is 100.0 cm³/mol. The molecule has 1 heterocycles. The fraction of sp³-hybridized carbons (Fsp3) is 0.0526. The fourth-order valence-electron chi connectivity index (χ4n) is 2.68. The lowest BCUT2D eigenvalue weighted by Crippen LogP contribution is -1.97. The third-order valence-corrected chi connectivity index (χ3v) is 4.51. The lowest BCUT2D eigenvalue weighted by Gasteiger charge is -2.10. The smallest absolute Gasteiger partial charge is 0.0671 e. The van der Waals surface area contributed by atoms with E-state index in [0.29, 0.717) is 0 Å². The van der Waals surface area contributed by atoms with Crippen LogP contribution in [0, 0.1) is 10.5 Å². The Balaban J connectivity index is 2.44. The van der Waals surface area contributed by atoms with E-state index in [0.717, 1.165) is 0 Å². The van der Waals surface area contributed by atoms with Gasteiger partial charge < -0.3 is 4.57 Å². The second kappa shape index (κ2) is 5.90. The van der Waals surface area contributed by atoms with Crippen LogP contribution in [0.4, 0.5) is 0 Å². The summed E-state index contributed by atoms with van der Waals surface area (Å²) in [6.07, 6.45) is 5.94. The van der Waals surface area contributed by atoms with Crippen LogP contribution >= 0.6 is 22.6 Å². The molecule has 2 aromatic carbocycles. The Morgan fingerprint density at radius 2 is 1.81 bits per heavy atom. The number of hydrogen-bond donors (Lipinski definition) is 0. The molecule has 0 aliphatic carbocycles. The van der Waals surface area contributed by atoms with Gasteiger partial charge in [0.25, 0.3) is 0 Å². The monoisotopic (exact) mass is 385 g/mol. The zero-order valence-corrected chi connectivity index (χ0v) is 14.0. The molecule has 1 nitrogen and oxygen atoms in total. The van der Waals surface area contributed by atoms with Crippen LogP contribution < -0.4 is 0 Å². The lowest BCUT2D eigenvalue weighted by molar-refractivity contribution is 1.09. The van der Waals surface area contributed by atoms with Gasteiger partial charge in [0.1, 0.15) is 0 Å². The van der Waals surface area contributed by atoms with Gasteiger partial charge in [-0.2, -0.15) is 0 Å². The highest BCUT2D eigenvalue weighted by molar-refractivity contribution is 14.1. The van der Waals surface area contributed by atoms with Crippen LogP contribution in [0.2, 0.25) is 0 Å². The average Bonchev–Trinajstić information content (AvgIpc) is 2.80. The van der Waals surface area contributed by atoms with E-state index in [1.165, 1.54) is 31.4 Å². The Morgan fingerprint density at radius 1 is 1.05 bits per heavy atom. The normalized spacial score (nSPS) is 11.3. The minimum absolute atomic E-state index is 1.18. The molecule has 0 aliphatic rings. The van der Waals surface area contributed by atoms with Crippen molar-refractivity contribution in [3.8, 4) is 5.69 Å². The van der Waals surface area contributed by atoms with E-state index in [9.17, 15) is 0 Å². The van der Waals surface area contributed by atoms with Crippen molar-refractivity contribution >= 4 is 39.6 Å². The zero-order valence-electron chi connectivity index (χ0n) is 11.9. The highest BCUT2D eigenvalue weighted by Gasteiger charge is 2.15. The van der Waals surface area contributed by atoms with Gasteiger partial charge in [-0.05, 0) is 59.4 Å². The second-order valence-electron chi connectivity index (χ2n) is 4.91. The van der Waals surface area contributed by atoms with Crippen LogP contribution in [0.15, 0.2) is 67.3 Å². The van der Waals surface area contributed by atoms with Gasteiger partial charge in [-0.3, -0.25) is 0 Å². The maximum Gasteiger partial charge on any atom is 0.0671 e. The summed E-state index contributed by atoms with van der Waals surface area (Å²) in [6, 6.07) is 17.0. The number of rotatable bonds is 3. The average molecular weight is 385 g/mol. The van der Waals surface area contributed by atoms with E-state index in [4.69, 9.17) is 0 Å². The highest BCUT2D eigenvalue weighted by Crippen LogP contribution is 2.32. The molecule has 0 atom stereocenters. The van der Waals surface area contributed by atoms with E-state index in [-0.39, 0.29) is 0 Å². The van der Waals surface area contributed by atoms with Crippen LogP contribution in [-0.2, 0) is 0 Å². The molecule has 3 rings (SSSR count). The first kappa shape index (κ1) is 14.1. The number of hydrogen-bond acceptors (Lipinski definition) is 0. The number of aryl methyl sites for hydroxylation is 1. The summed E-state index contributed by atoms with van der Waals surface area (Å²) in [5.74, 6) is 0. The molecule has 3 aromatic rings. The predicted octanol–water partition coefficient (Wildman–Crippen LogP) is 5.74. The molecule has 2 heteroatoms. The Kier molecular flexibility index (Phi) is 3.97. The first-order chi connectivity index (χ1) is 10.2. The third-order valence-electron chi connectivity index (χ3n) is 3.64. The maximum absolute atomic E-state index is 3.78. The van der Waals surface area contributed by atoms with Crippen LogP contribution in [0.5, 0.6) is 0 Å². The van der Waals surface area contributed by atoms with Gasteiger partial charge in [-0.1, -0.05) is 49.1 Å². The molecular formula is C19H16IN. The Bertz CT molecular complexity index is 826. The van der Waals surface area contributed by atoms with Crippen LogP contribution in [0.3, 0.4) is 0 Å². The number of fused-ring (bicyclic) bond motifs is 1. The summed E-state index contributed by atoms with van der Waals surface area (Å²) < 4.78 is 3.59. The molecule has 0 amide bonds. The number of allylic oxidation sites excluding steroid dienone is 2. The molecular weight excluding hydrogens is 369 g/mol. The molecule has 1 aromatic heterocycles. The lowest BCUT2D eigenvalue weighted by atomic mass is 10.1. The summed E-state index contributed by atoms with van der Waals surface area (Å²) in [5, 5.41) is 1.30. The van der Waals surface area contributed by atoms with Crippen molar-refractivity contribution in [3.63, 3.8) is 0 Å². The standard InChI is InChI=1S/C19H16IN/c1-3-4-13-18-14(2)16-11-8-12-17(20)19(16)21(18)15-9-6-5-7-10-15/h3-13H,1H2,2H3/b13-4-. The molecule has 104 valence electrons. The quantitative estimate of drug-likeness (QED) is 0.400. The topological polar surface area (TPSA) is 4.93 Å². The third kappa shape index (κ3) is 2.44. The zero-order chi connectivity index (χ0) is 14.8. The molecule has 0 spiro atoms. The van der Waals surface area contributed by atoms with Gasteiger partial charge in [0, 0.05) is 20.3 Å². The van der Waals surface area contributed by atoms with E-state index >= 15 is 0 Å². The fourth-order valence-corrected chi connectivity index (χ4v) is 3.41. The van der Waals surface area contributed by atoms with Crippen molar-refractivity contribution in [1.82, 2.24) is 4.57 Å². The van der Waals surface area contributed by atoms with E-state index in [2.05, 4.69) is 89.2 Å². The number of para-hydroxylation sites is 2. The minimum Gasteiger partial charge on any atom is -0.309 e. The van der Waals surface area contributed by atoms with Crippen molar-refractivity contribution in [2.75, 3.05) is 0 Å². The molecule has 0 unspecified atom stereocenters. The Labute approximate surface area is 138 Å². The molecule has 0 bridgehead atoms. The number of nitrogens with zero attached hydrogens (tertiary/aromatic N) is 1. The summed E-state index contributed by atoms with van der Waals surface area (Å²) in [4.78, 5) is 0. The summed E-state index contributed by atoms with van der Waals surface area (Å²) >= 11 is 2.41. The second-order valence-corrected chi connectivity index (χ2v) is 6.07. The van der Waals surface area contributed by atoms with Crippen molar-refractivity contribution in [2.24, 2.45) is 0 Å². The largest absolute Gasteiger partial charge is 0.309 e. The first-order valence-electron chi connectivity index (χ1n) is 6.88. The SMILES string of the molecule is C=C/C=C\c1c(C)c2cccc(I)c2n1-c1ccccc1. The molecule has 0 fully saturated rings. The van der Waals surface area contributed by atoms with Gasteiger partial charge in [0.2, 0.25) is 0 Å². The summed E-state index contributed by atoms with van der Waals surface area (Å²) in [6.45, 7) is 5.96. The van der Waals surface area contributed by atoms with Gasteiger partial charge >= 0.3 is 0 Å². The van der Waals surface area contributed by atoms with Gasteiger partial charge in [-0.15, -0.1) is 0 Å². The van der Waals surface area contributed by atoms with Gasteiger partial charge in [0.05, 0.1) is 5.52 Å². The van der Waals surface area contributed by atoms with E-state index < -0.39 is 0 Å². The van der Waals surface area contributed by atoms with Gasteiger partial charge in [0.15, 0.2) is 0 Å². The molecule has 0 N–H and O–H groups in total. The summed E-state index contributed by atoms with van der Waals surface area (Å²) in [5.41, 5.74) is 4.96. The highest BCUT2D eigenvalue weighted by atomic mass is 127. The minimum atomic E-state index is 1.18. The molecule has 21 heavy (non-hydrogen) atoms. The molecule has 0 saturated heterocycles. The van der Waals surface area contributed by atoms with Crippen molar-refractivity contribution in [3.05, 3.63) is 82.1 Å². The Hall–Kier alpha value is -1.81. The Morgan fingerprint density at radius 3 is 2.52 bits per heavy atom. The first-order valence-corrected chi connectivity index (χ1v) is 7.96. The number of aromatic nitrogens is 1. The van der Waals surface area contributed by atoms with Gasteiger partial charge in [-0.25, -0.2) is 0 Å². The van der Waals surface area contributed by atoms with E-state index in [1.54, 1.807) is 0 Å². The molecule has 0 aliphatic heterocycles. The number of halogens is 1. The van der Waals surface area contributed by atoms with E-state index in [1.807, 2.05) is 18.2 Å². The maximum atomic E-state index is 3.78. The van der Waals surface area contributed by atoms with Crippen molar-refractivity contribution < 1.29 is 0 Å². The van der Waals surface area contributed by atoms with Crippen LogP contribution in [0.25, 0.3) is 22.7 Å². The van der Waals surface area contributed by atoms with Crippen molar-refractivity contribution in [2.45, 2.75) is 6.92 Å². The van der Waals surface area contributed by atoms with Crippen molar-refractivity contribution in [1.29, 1.82) is 0 Å². The van der Waals surface area contributed by atoms with Crippen LogP contribution in [-0.4, -0.2) is 4.57 Å².